The lowest BCUT2D eigenvalue weighted by Crippen LogP contribution is -2.20. The van der Waals surface area contributed by atoms with E-state index in [9.17, 15) is 9.90 Å². The Hall–Kier alpha value is -2.30. The molecule has 0 fully saturated rings. The maximum atomic E-state index is 12.8. The molecule has 116 valence electrons. The van der Waals surface area contributed by atoms with Crippen molar-refractivity contribution >= 4 is 40.2 Å². The summed E-state index contributed by atoms with van der Waals surface area (Å²) in [5.41, 5.74) is 0.382. The van der Waals surface area contributed by atoms with Gasteiger partial charge in [-0.2, -0.15) is 0 Å². The summed E-state index contributed by atoms with van der Waals surface area (Å²) < 4.78 is 1.15. The highest BCUT2D eigenvalue weighted by molar-refractivity contribution is 6.34. The van der Waals surface area contributed by atoms with Crippen LogP contribution in [0.1, 0.15) is 5.56 Å². The summed E-state index contributed by atoms with van der Waals surface area (Å²) in [5.74, 6) is -0.233. The minimum Gasteiger partial charge on any atom is -0.494 e. The van der Waals surface area contributed by atoms with Gasteiger partial charge in [-0.1, -0.05) is 41.4 Å². The van der Waals surface area contributed by atoms with Gasteiger partial charge in [-0.25, -0.2) is 4.57 Å². The summed E-state index contributed by atoms with van der Waals surface area (Å²) in [6.07, 6.45) is 1.51. The molecule has 23 heavy (non-hydrogen) atoms. The molecule has 3 rings (SSSR count). The van der Waals surface area contributed by atoms with Crippen LogP contribution in [0.5, 0.6) is 5.88 Å². The van der Waals surface area contributed by atoms with E-state index in [4.69, 9.17) is 23.2 Å². The minimum absolute atomic E-state index is 0.233. The monoisotopic (exact) mass is 346 g/mol. The molecular formula is C17H12Cl2N2O2. The largest absolute Gasteiger partial charge is 0.494 e. The first-order valence-corrected chi connectivity index (χ1v) is 7.54. The lowest BCUT2D eigenvalue weighted by molar-refractivity contribution is 0.436. The number of aliphatic imine (C=N–C) groups is 1. The van der Waals surface area contributed by atoms with Gasteiger partial charge in [0.1, 0.15) is 0 Å². The van der Waals surface area contributed by atoms with Crippen LogP contribution in [0.4, 0.5) is 0 Å². The van der Waals surface area contributed by atoms with Gasteiger partial charge in [-0.05, 0) is 24.3 Å². The van der Waals surface area contributed by atoms with Crippen molar-refractivity contribution < 1.29 is 5.11 Å². The zero-order valence-corrected chi connectivity index (χ0v) is 13.6. The zero-order chi connectivity index (χ0) is 16.6. The Morgan fingerprint density at radius 3 is 2.52 bits per heavy atom. The fraction of sp³-hybridized carbons (Fsp3) is 0.0588. The standard InChI is InChI=1S/C17H12Cl2N2O2/c1-20-9-13-11-4-2-3-5-12(11)16(22)21(17(13)23)15-8-10(18)6-7-14(15)19/h2-9,23H,1H3. The molecule has 1 N–H and O–H groups in total. The molecule has 1 heterocycles. The molecule has 0 aliphatic heterocycles. The summed E-state index contributed by atoms with van der Waals surface area (Å²) in [4.78, 5) is 16.8. The Morgan fingerprint density at radius 1 is 1.13 bits per heavy atom. The molecule has 1 aromatic heterocycles. The first kappa shape index (κ1) is 15.6. The third kappa shape index (κ3) is 2.60. The van der Waals surface area contributed by atoms with Crippen LogP contribution >= 0.6 is 23.2 Å². The summed E-state index contributed by atoms with van der Waals surface area (Å²) in [6.45, 7) is 0. The van der Waals surface area contributed by atoms with E-state index in [1.165, 1.54) is 12.3 Å². The van der Waals surface area contributed by atoms with Crippen molar-refractivity contribution in [3.05, 3.63) is 68.4 Å². The van der Waals surface area contributed by atoms with Gasteiger partial charge < -0.3 is 5.11 Å². The molecule has 4 nitrogen and oxygen atoms in total. The maximum Gasteiger partial charge on any atom is 0.265 e. The van der Waals surface area contributed by atoms with Gasteiger partial charge in [0.25, 0.3) is 5.56 Å². The molecular weight excluding hydrogens is 335 g/mol. The van der Waals surface area contributed by atoms with Crippen LogP contribution < -0.4 is 5.56 Å². The van der Waals surface area contributed by atoms with Crippen molar-refractivity contribution in [2.45, 2.75) is 0 Å². The molecule has 0 bridgehead atoms. The third-order valence-electron chi connectivity index (χ3n) is 3.51. The molecule has 0 unspecified atom stereocenters. The highest BCUT2D eigenvalue weighted by Gasteiger charge is 2.17. The maximum absolute atomic E-state index is 12.8. The molecule has 0 amide bonds. The number of aromatic nitrogens is 1. The average molecular weight is 347 g/mol. The molecule has 2 aromatic carbocycles. The van der Waals surface area contributed by atoms with Gasteiger partial charge in [0, 0.05) is 29.1 Å². The van der Waals surface area contributed by atoms with E-state index in [1.54, 1.807) is 43.4 Å². The van der Waals surface area contributed by atoms with Crippen molar-refractivity contribution in [3.8, 4) is 11.6 Å². The first-order chi connectivity index (χ1) is 11.0. The number of hydrogen-bond donors (Lipinski definition) is 1. The Labute approximate surface area is 142 Å². The first-order valence-electron chi connectivity index (χ1n) is 6.79. The van der Waals surface area contributed by atoms with Gasteiger partial charge in [-0.15, -0.1) is 0 Å². The number of rotatable bonds is 2. The molecule has 3 aromatic rings. The topological polar surface area (TPSA) is 54.6 Å². The van der Waals surface area contributed by atoms with Crippen molar-refractivity contribution in [1.29, 1.82) is 0 Å². The van der Waals surface area contributed by atoms with Gasteiger partial charge in [0.05, 0.1) is 16.3 Å². The summed E-state index contributed by atoms with van der Waals surface area (Å²) in [6, 6.07) is 11.7. The van der Waals surface area contributed by atoms with Crippen LogP contribution in [-0.4, -0.2) is 22.9 Å². The van der Waals surface area contributed by atoms with Crippen LogP contribution in [-0.2, 0) is 0 Å². The summed E-state index contributed by atoms with van der Waals surface area (Å²) in [5, 5.41) is 12.4. The second-order valence-corrected chi connectivity index (χ2v) is 5.75. The molecule has 0 spiro atoms. The minimum atomic E-state index is -0.379. The summed E-state index contributed by atoms with van der Waals surface area (Å²) >= 11 is 12.2. The van der Waals surface area contributed by atoms with E-state index in [0.29, 0.717) is 32.1 Å². The predicted molar refractivity (Wildman–Crippen MR) is 94.7 cm³/mol. The van der Waals surface area contributed by atoms with Crippen LogP contribution in [0.15, 0.2) is 52.3 Å². The quantitative estimate of drug-likeness (QED) is 0.711. The van der Waals surface area contributed by atoms with Crippen LogP contribution in [0.3, 0.4) is 0 Å². The van der Waals surface area contributed by atoms with E-state index >= 15 is 0 Å². The normalized spacial score (nSPS) is 11.4. The zero-order valence-electron chi connectivity index (χ0n) is 12.1. The van der Waals surface area contributed by atoms with E-state index in [1.807, 2.05) is 0 Å². The Bertz CT molecular complexity index is 994. The molecule has 0 saturated carbocycles. The van der Waals surface area contributed by atoms with Crippen molar-refractivity contribution in [2.75, 3.05) is 7.05 Å². The number of aromatic hydroxyl groups is 1. The number of nitrogens with zero attached hydrogens (tertiary/aromatic N) is 2. The molecule has 0 aliphatic carbocycles. The Balaban J connectivity index is 2.51. The fourth-order valence-corrected chi connectivity index (χ4v) is 2.87. The molecule has 0 radical (unpaired) electrons. The van der Waals surface area contributed by atoms with E-state index in [0.717, 1.165) is 4.57 Å². The number of fused-ring (bicyclic) bond motifs is 1. The van der Waals surface area contributed by atoms with Crippen molar-refractivity contribution in [2.24, 2.45) is 4.99 Å². The fourth-order valence-electron chi connectivity index (χ4n) is 2.50. The van der Waals surface area contributed by atoms with E-state index in [-0.39, 0.29) is 11.4 Å². The molecule has 0 atom stereocenters. The SMILES string of the molecule is CN=Cc1c(O)n(-c2cc(Cl)ccc2Cl)c(=O)c2ccccc12. The van der Waals surface area contributed by atoms with Gasteiger partial charge in [-0.3, -0.25) is 9.79 Å². The van der Waals surface area contributed by atoms with Crippen LogP contribution in [0.2, 0.25) is 10.0 Å². The second-order valence-electron chi connectivity index (χ2n) is 4.91. The lowest BCUT2D eigenvalue weighted by Gasteiger charge is -2.15. The van der Waals surface area contributed by atoms with Crippen molar-refractivity contribution in [1.82, 2.24) is 4.57 Å². The molecule has 0 aliphatic rings. The number of benzene rings is 2. The van der Waals surface area contributed by atoms with E-state index in [2.05, 4.69) is 4.99 Å². The van der Waals surface area contributed by atoms with Crippen LogP contribution in [0.25, 0.3) is 16.5 Å². The van der Waals surface area contributed by atoms with Gasteiger partial charge in [0.15, 0.2) is 0 Å². The van der Waals surface area contributed by atoms with Gasteiger partial charge in [0.2, 0.25) is 5.88 Å². The molecule has 6 heteroatoms. The number of halogens is 2. The lowest BCUT2D eigenvalue weighted by atomic mass is 10.1. The average Bonchev–Trinajstić information content (AvgIpc) is 2.55. The number of pyridine rings is 1. The Kier molecular flexibility index (Phi) is 4.11. The Morgan fingerprint density at radius 2 is 1.83 bits per heavy atom. The third-order valence-corrected chi connectivity index (χ3v) is 4.07. The molecule has 0 saturated heterocycles. The highest BCUT2D eigenvalue weighted by Crippen LogP contribution is 2.30. The van der Waals surface area contributed by atoms with E-state index < -0.39 is 0 Å². The highest BCUT2D eigenvalue weighted by atomic mass is 35.5. The number of hydrogen-bond acceptors (Lipinski definition) is 3. The second kappa shape index (κ2) is 6.07. The predicted octanol–water partition coefficient (Wildman–Crippen LogP) is 4.05. The smallest absolute Gasteiger partial charge is 0.265 e. The van der Waals surface area contributed by atoms with Crippen molar-refractivity contribution in [3.63, 3.8) is 0 Å². The summed E-state index contributed by atoms with van der Waals surface area (Å²) in [7, 11) is 1.59. The van der Waals surface area contributed by atoms with Gasteiger partial charge >= 0.3 is 0 Å². The van der Waals surface area contributed by atoms with Crippen LogP contribution in [0, 0.1) is 0 Å².